The smallest absolute Gasteiger partial charge is 0.271 e. The minimum atomic E-state index is -0.330. The van der Waals surface area contributed by atoms with Gasteiger partial charge in [-0.15, -0.1) is 0 Å². The molecule has 0 spiro atoms. The summed E-state index contributed by atoms with van der Waals surface area (Å²) in [6.07, 6.45) is 2.35. The van der Waals surface area contributed by atoms with E-state index in [2.05, 4.69) is 10.5 Å². The van der Waals surface area contributed by atoms with Gasteiger partial charge in [-0.2, -0.15) is 5.10 Å². The quantitative estimate of drug-likeness (QED) is 0.539. The lowest BCUT2D eigenvalue weighted by molar-refractivity contribution is 0.0955. The Morgan fingerprint density at radius 2 is 1.93 bits per heavy atom. The molecule has 2 aromatic rings. The lowest BCUT2D eigenvalue weighted by Gasteiger charge is -2.17. The first-order valence-corrected chi connectivity index (χ1v) is 8.87. The maximum Gasteiger partial charge on any atom is 0.271 e. The van der Waals surface area contributed by atoms with E-state index >= 15 is 0 Å². The second-order valence-corrected chi connectivity index (χ2v) is 6.21. The number of amides is 1. The Morgan fingerprint density at radius 1 is 1.22 bits per heavy atom. The van der Waals surface area contributed by atoms with E-state index in [1.54, 1.807) is 50.6 Å². The van der Waals surface area contributed by atoms with Gasteiger partial charge in [0, 0.05) is 5.56 Å². The first-order valence-electron chi connectivity index (χ1n) is 8.50. The Bertz CT molecular complexity index is 806. The van der Waals surface area contributed by atoms with Crippen molar-refractivity contribution in [3.8, 4) is 17.2 Å². The third-order valence-electron chi connectivity index (χ3n) is 3.88. The van der Waals surface area contributed by atoms with Gasteiger partial charge in [0.05, 0.1) is 31.6 Å². The van der Waals surface area contributed by atoms with Gasteiger partial charge in [0.15, 0.2) is 11.5 Å². The van der Waals surface area contributed by atoms with E-state index in [-0.39, 0.29) is 12.0 Å². The molecule has 6 nitrogen and oxygen atoms in total. The summed E-state index contributed by atoms with van der Waals surface area (Å²) in [5.41, 5.74) is 3.62. The first kappa shape index (κ1) is 20.6. The number of nitrogens with one attached hydrogen (secondary N) is 1. The van der Waals surface area contributed by atoms with Crippen molar-refractivity contribution in [1.82, 2.24) is 5.43 Å². The summed E-state index contributed by atoms with van der Waals surface area (Å²) in [6, 6.07) is 10.2. The molecule has 7 heteroatoms. The third-order valence-corrected chi connectivity index (χ3v) is 4.16. The number of nitrogens with zero attached hydrogens (tertiary/aromatic N) is 1. The molecule has 0 saturated carbocycles. The Balaban J connectivity index is 2.09. The molecule has 27 heavy (non-hydrogen) atoms. The Morgan fingerprint density at radius 3 is 2.52 bits per heavy atom. The van der Waals surface area contributed by atoms with Crippen LogP contribution in [-0.2, 0) is 0 Å². The standard InChI is InChI=1S/C20H23ClN2O4/c1-5-13(2)27-19-17(21)10-14(11-18(19)26-4)12-22-23-20(24)15-6-8-16(25-3)9-7-15/h6-13H,5H2,1-4H3,(H,23,24). The van der Waals surface area contributed by atoms with Crippen LogP contribution in [0.3, 0.4) is 0 Å². The van der Waals surface area contributed by atoms with Gasteiger partial charge in [-0.25, -0.2) is 5.43 Å². The van der Waals surface area contributed by atoms with Gasteiger partial charge in [0.1, 0.15) is 5.75 Å². The highest BCUT2D eigenvalue weighted by atomic mass is 35.5. The summed E-state index contributed by atoms with van der Waals surface area (Å²) < 4.78 is 16.2. The number of carbonyl (C=O) groups is 1. The van der Waals surface area contributed by atoms with Crippen molar-refractivity contribution in [2.24, 2.45) is 5.10 Å². The molecule has 144 valence electrons. The fraction of sp³-hybridized carbons (Fsp3) is 0.300. The van der Waals surface area contributed by atoms with Crippen LogP contribution in [0, 0.1) is 0 Å². The fourth-order valence-electron chi connectivity index (χ4n) is 2.19. The van der Waals surface area contributed by atoms with Crippen molar-refractivity contribution in [3.05, 3.63) is 52.5 Å². The van der Waals surface area contributed by atoms with Gasteiger partial charge in [0.25, 0.3) is 5.91 Å². The van der Waals surface area contributed by atoms with Crippen LogP contribution in [0.25, 0.3) is 0 Å². The third kappa shape index (κ3) is 5.62. The lowest BCUT2D eigenvalue weighted by Crippen LogP contribution is -2.17. The predicted octanol–water partition coefficient (Wildman–Crippen LogP) is 4.30. The monoisotopic (exact) mass is 390 g/mol. The van der Waals surface area contributed by atoms with Crippen LogP contribution < -0.4 is 19.6 Å². The maximum absolute atomic E-state index is 12.1. The molecule has 0 aromatic heterocycles. The molecule has 1 atom stereocenters. The van der Waals surface area contributed by atoms with Crippen molar-refractivity contribution >= 4 is 23.7 Å². The number of rotatable bonds is 8. The van der Waals surface area contributed by atoms with Crippen molar-refractivity contribution in [2.75, 3.05) is 14.2 Å². The fourth-order valence-corrected chi connectivity index (χ4v) is 2.45. The zero-order valence-electron chi connectivity index (χ0n) is 15.8. The highest BCUT2D eigenvalue weighted by Crippen LogP contribution is 2.37. The van der Waals surface area contributed by atoms with Crippen molar-refractivity contribution in [2.45, 2.75) is 26.4 Å². The van der Waals surface area contributed by atoms with Gasteiger partial charge >= 0.3 is 0 Å². The van der Waals surface area contributed by atoms with Gasteiger partial charge in [-0.1, -0.05) is 18.5 Å². The topological polar surface area (TPSA) is 69.2 Å². The molecule has 0 aliphatic heterocycles. The van der Waals surface area contributed by atoms with Crippen molar-refractivity contribution in [1.29, 1.82) is 0 Å². The molecule has 0 heterocycles. The van der Waals surface area contributed by atoms with Crippen molar-refractivity contribution < 1.29 is 19.0 Å². The molecule has 1 N–H and O–H groups in total. The number of carbonyl (C=O) groups excluding carboxylic acids is 1. The average molecular weight is 391 g/mol. The SMILES string of the molecule is CCC(C)Oc1c(Cl)cc(C=NNC(=O)c2ccc(OC)cc2)cc1OC. The Hall–Kier alpha value is -2.73. The zero-order chi connectivity index (χ0) is 19.8. The summed E-state index contributed by atoms with van der Waals surface area (Å²) in [5, 5.41) is 4.39. The molecule has 2 rings (SSSR count). The van der Waals surface area contributed by atoms with Crippen LogP contribution in [0.1, 0.15) is 36.2 Å². The minimum absolute atomic E-state index is 0.0136. The molecule has 0 radical (unpaired) electrons. The largest absolute Gasteiger partial charge is 0.497 e. The number of hydrogen-bond acceptors (Lipinski definition) is 5. The summed E-state index contributed by atoms with van der Waals surface area (Å²) in [6.45, 7) is 3.98. The molecule has 0 aliphatic rings. The lowest BCUT2D eigenvalue weighted by atomic mass is 10.2. The average Bonchev–Trinajstić information content (AvgIpc) is 2.69. The molecule has 0 bridgehead atoms. The molecule has 2 aromatic carbocycles. The van der Waals surface area contributed by atoms with Gasteiger partial charge in [0.2, 0.25) is 0 Å². The maximum atomic E-state index is 12.1. The van der Waals surface area contributed by atoms with E-state index in [9.17, 15) is 4.79 Å². The van der Waals surface area contributed by atoms with E-state index in [1.807, 2.05) is 13.8 Å². The number of ether oxygens (including phenoxy) is 3. The van der Waals surface area contributed by atoms with Crippen LogP contribution in [0.15, 0.2) is 41.5 Å². The highest BCUT2D eigenvalue weighted by Gasteiger charge is 2.14. The van der Waals surface area contributed by atoms with E-state index in [0.29, 0.717) is 33.4 Å². The highest BCUT2D eigenvalue weighted by molar-refractivity contribution is 6.32. The summed E-state index contributed by atoms with van der Waals surface area (Å²) in [7, 11) is 3.11. The summed E-state index contributed by atoms with van der Waals surface area (Å²) in [5.74, 6) is 1.35. The van der Waals surface area contributed by atoms with Crippen molar-refractivity contribution in [3.63, 3.8) is 0 Å². The van der Waals surface area contributed by atoms with Crippen LogP contribution >= 0.6 is 11.6 Å². The molecular formula is C20H23ClN2O4. The van der Waals surface area contributed by atoms with E-state index in [1.165, 1.54) is 6.21 Å². The molecule has 1 unspecified atom stereocenters. The van der Waals surface area contributed by atoms with Crippen LogP contribution in [-0.4, -0.2) is 32.4 Å². The van der Waals surface area contributed by atoms with Gasteiger partial charge < -0.3 is 14.2 Å². The van der Waals surface area contributed by atoms with Gasteiger partial charge in [-0.3, -0.25) is 4.79 Å². The number of benzene rings is 2. The number of hydrazone groups is 1. The molecule has 1 amide bonds. The first-order chi connectivity index (χ1) is 13.0. The normalized spacial score (nSPS) is 11.9. The zero-order valence-corrected chi connectivity index (χ0v) is 16.5. The summed E-state index contributed by atoms with van der Waals surface area (Å²) in [4.78, 5) is 12.1. The number of halogens is 1. The van der Waals surface area contributed by atoms with Gasteiger partial charge in [-0.05, 0) is 55.3 Å². The predicted molar refractivity (Wildman–Crippen MR) is 106 cm³/mol. The molecular weight excluding hydrogens is 368 g/mol. The second kappa shape index (κ2) is 9.83. The van der Waals surface area contributed by atoms with Crippen LogP contribution in [0.4, 0.5) is 0 Å². The molecule has 0 aliphatic carbocycles. The summed E-state index contributed by atoms with van der Waals surface area (Å²) >= 11 is 6.31. The minimum Gasteiger partial charge on any atom is -0.497 e. The van der Waals surface area contributed by atoms with E-state index in [4.69, 9.17) is 25.8 Å². The number of hydrogen-bond donors (Lipinski definition) is 1. The molecule has 0 saturated heterocycles. The van der Waals surface area contributed by atoms with Crippen LogP contribution in [0.5, 0.6) is 17.2 Å². The Kier molecular flexibility index (Phi) is 7.49. The number of methoxy groups -OCH3 is 2. The van der Waals surface area contributed by atoms with Crippen LogP contribution in [0.2, 0.25) is 5.02 Å². The Labute approximate surface area is 164 Å². The second-order valence-electron chi connectivity index (χ2n) is 5.80. The van der Waals surface area contributed by atoms with E-state index < -0.39 is 0 Å². The van der Waals surface area contributed by atoms with E-state index in [0.717, 1.165) is 6.42 Å². The molecule has 0 fully saturated rings.